The molecule has 16 heteroatoms. The lowest BCUT2D eigenvalue weighted by Gasteiger charge is -2.13. The molecule has 1 aromatic carbocycles. The fourth-order valence-corrected chi connectivity index (χ4v) is 5.24. The number of fused-ring (bicyclic) bond motifs is 1. The molecular weight excluding hydrogens is 550 g/mol. The van der Waals surface area contributed by atoms with Gasteiger partial charge < -0.3 is 15.2 Å². The molecule has 1 amide bonds. The molecule has 0 aliphatic rings. The zero-order chi connectivity index (χ0) is 28.6. The van der Waals surface area contributed by atoms with E-state index in [4.69, 9.17) is 0 Å². The Morgan fingerprint density at radius 1 is 1.18 bits per heavy atom. The number of aliphatic hydroxyl groups is 1. The van der Waals surface area contributed by atoms with Crippen LogP contribution in [0.5, 0.6) is 5.75 Å². The first-order valence-corrected chi connectivity index (χ1v) is 13.2. The van der Waals surface area contributed by atoms with Crippen LogP contribution < -0.4 is 10.1 Å². The molecule has 0 fully saturated rings. The van der Waals surface area contributed by atoms with Crippen molar-refractivity contribution in [2.75, 3.05) is 5.32 Å². The lowest BCUT2D eigenvalue weighted by atomic mass is 10.1. The Kier molecular flexibility index (Phi) is 7.03. The van der Waals surface area contributed by atoms with Crippen LogP contribution in [0.4, 0.5) is 14.5 Å². The number of nitrogens with one attached hydrogen (secondary N) is 1. The van der Waals surface area contributed by atoms with Crippen molar-refractivity contribution in [3.63, 3.8) is 0 Å². The number of nitrogens with zero attached hydrogens (tertiary/aromatic N) is 7. The Morgan fingerprint density at radius 3 is 2.73 bits per heavy atom. The van der Waals surface area contributed by atoms with Crippen LogP contribution >= 0.6 is 0 Å². The van der Waals surface area contributed by atoms with E-state index in [-0.39, 0.29) is 50.2 Å². The lowest BCUT2D eigenvalue weighted by Crippen LogP contribution is -2.13. The summed E-state index contributed by atoms with van der Waals surface area (Å²) in [5.41, 5.74) is 0.409. The molecule has 13 nitrogen and oxygen atoms in total. The molecule has 2 N–H and O–H groups in total. The van der Waals surface area contributed by atoms with Gasteiger partial charge in [0.05, 0.1) is 35.6 Å². The summed E-state index contributed by atoms with van der Waals surface area (Å²) in [4.78, 5) is 16.8. The Labute approximate surface area is 225 Å². The van der Waals surface area contributed by atoms with Crippen LogP contribution in [-0.2, 0) is 23.4 Å². The molecular formula is C24H22F2N8O5S. The van der Waals surface area contributed by atoms with Crippen molar-refractivity contribution in [2.24, 2.45) is 7.05 Å². The number of rotatable bonds is 9. The second kappa shape index (κ2) is 10.5. The number of carbonyl (C=O) groups is 1. The number of aromatic nitrogens is 7. The summed E-state index contributed by atoms with van der Waals surface area (Å²) in [5, 5.41) is 24.6. The summed E-state index contributed by atoms with van der Waals surface area (Å²) in [7, 11) is -2.63. The van der Waals surface area contributed by atoms with E-state index in [1.165, 1.54) is 45.6 Å². The van der Waals surface area contributed by atoms with Crippen molar-refractivity contribution in [3.05, 3.63) is 67.0 Å². The smallest absolute Gasteiger partial charge is 0.387 e. The van der Waals surface area contributed by atoms with E-state index in [0.717, 1.165) is 24.4 Å². The average Bonchev–Trinajstić information content (AvgIpc) is 3.62. The number of hydrogen-bond acceptors (Lipinski definition) is 9. The highest BCUT2D eigenvalue weighted by Crippen LogP contribution is 2.38. The monoisotopic (exact) mass is 572 g/mol. The summed E-state index contributed by atoms with van der Waals surface area (Å²) in [5.74, 6) is -0.959. The molecule has 0 saturated heterocycles. The normalized spacial score (nSPS) is 12.7. The van der Waals surface area contributed by atoms with E-state index in [1.54, 1.807) is 19.3 Å². The number of sulfone groups is 1. The van der Waals surface area contributed by atoms with Crippen LogP contribution in [0.25, 0.3) is 16.9 Å². The van der Waals surface area contributed by atoms with Crippen molar-refractivity contribution in [2.45, 2.75) is 36.0 Å². The van der Waals surface area contributed by atoms with Gasteiger partial charge in [-0.2, -0.15) is 24.1 Å². The van der Waals surface area contributed by atoms with E-state index < -0.39 is 28.5 Å². The third-order valence-corrected chi connectivity index (χ3v) is 7.41. The van der Waals surface area contributed by atoms with Crippen molar-refractivity contribution < 1.29 is 31.8 Å². The summed E-state index contributed by atoms with van der Waals surface area (Å²) in [6.45, 7) is -1.62. The fraction of sp³-hybridized carbons (Fsp3) is 0.208. The highest BCUT2D eigenvalue weighted by Gasteiger charge is 2.26. The van der Waals surface area contributed by atoms with Crippen LogP contribution in [0.3, 0.4) is 0 Å². The van der Waals surface area contributed by atoms with E-state index in [9.17, 15) is 27.1 Å². The number of benzene rings is 1. The molecule has 0 aliphatic carbocycles. The third-order valence-electron chi connectivity index (χ3n) is 5.70. The van der Waals surface area contributed by atoms with Crippen molar-refractivity contribution >= 4 is 27.1 Å². The van der Waals surface area contributed by atoms with Gasteiger partial charge in [-0.05, 0) is 31.2 Å². The molecule has 40 heavy (non-hydrogen) atoms. The van der Waals surface area contributed by atoms with Gasteiger partial charge in [0.15, 0.2) is 5.65 Å². The Bertz CT molecular complexity index is 1810. The number of aliphatic hydroxyl groups excluding tert-OH is 1. The number of hydrogen-bond donors (Lipinski definition) is 2. The number of ether oxygens (including phenoxy) is 1. The van der Waals surface area contributed by atoms with Crippen LogP contribution in [0.2, 0.25) is 0 Å². The zero-order valence-corrected chi connectivity index (χ0v) is 21.8. The molecule has 1 unspecified atom stereocenters. The zero-order valence-electron chi connectivity index (χ0n) is 21.0. The minimum absolute atomic E-state index is 0.0159. The lowest BCUT2D eigenvalue weighted by molar-refractivity contribution is -0.0494. The van der Waals surface area contributed by atoms with E-state index in [1.807, 2.05) is 0 Å². The minimum Gasteiger partial charge on any atom is -0.434 e. The maximum atomic E-state index is 13.4. The van der Waals surface area contributed by atoms with Gasteiger partial charge in [-0.25, -0.2) is 17.9 Å². The summed E-state index contributed by atoms with van der Waals surface area (Å²) >= 11 is 0. The first-order chi connectivity index (χ1) is 19.0. The van der Waals surface area contributed by atoms with Gasteiger partial charge in [0.1, 0.15) is 21.9 Å². The standard InChI is InChI=1S/C24H22F2N8O5S/c1-14(35)11-33-12-16(9-28-33)40(37,38)15-4-5-20(39-24(25)26)17(8-15)21-19(13-32(2)31-21)30-23(36)18-10-29-34-7-3-6-27-22(18)34/h3-10,12-14,24,35H,11H2,1-2H3,(H,30,36). The van der Waals surface area contributed by atoms with Crippen LogP contribution in [0.15, 0.2) is 71.2 Å². The molecule has 4 heterocycles. The molecule has 0 spiro atoms. The number of amides is 1. The molecule has 0 bridgehead atoms. The molecule has 0 saturated carbocycles. The van der Waals surface area contributed by atoms with E-state index in [0.29, 0.717) is 0 Å². The second-order valence-electron chi connectivity index (χ2n) is 8.75. The third kappa shape index (κ3) is 5.26. The number of carbonyl (C=O) groups excluding carboxylic acids is 1. The van der Waals surface area contributed by atoms with Crippen molar-refractivity contribution in [1.29, 1.82) is 0 Å². The number of anilines is 1. The van der Waals surface area contributed by atoms with Crippen molar-refractivity contribution in [1.82, 2.24) is 34.2 Å². The maximum Gasteiger partial charge on any atom is 0.387 e. The predicted molar refractivity (Wildman–Crippen MR) is 136 cm³/mol. The first kappa shape index (κ1) is 26.9. The Balaban J connectivity index is 1.56. The van der Waals surface area contributed by atoms with Crippen molar-refractivity contribution in [3.8, 4) is 17.0 Å². The molecule has 208 valence electrons. The van der Waals surface area contributed by atoms with Gasteiger partial charge in [0, 0.05) is 37.4 Å². The topological polar surface area (TPSA) is 159 Å². The maximum absolute atomic E-state index is 13.4. The fourth-order valence-electron chi connectivity index (χ4n) is 4.01. The molecule has 5 rings (SSSR count). The largest absolute Gasteiger partial charge is 0.434 e. The second-order valence-corrected chi connectivity index (χ2v) is 10.7. The van der Waals surface area contributed by atoms with Gasteiger partial charge in [-0.15, -0.1) is 0 Å². The van der Waals surface area contributed by atoms with Gasteiger partial charge in [-0.1, -0.05) is 0 Å². The molecule has 0 aliphatic heterocycles. The van der Waals surface area contributed by atoms with Crippen LogP contribution in [0.1, 0.15) is 17.3 Å². The average molecular weight is 573 g/mol. The van der Waals surface area contributed by atoms with E-state index in [2.05, 4.69) is 30.3 Å². The Morgan fingerprint density at radius 2 is 1.98 bits per heavy atom. The minimum atomic E-state index is -4.17. The molecule has 1 atom stereocenters. The quantitative estimate of drug-likeness (QED) is 0.270. The van der Waals surface area contributed by atoms with Crippen LogP contribution in [-0.4, -0.2) is 66.3 Å². The predicted octanol–water partition coefficient (Wildman–Crippen LogP) is 2.39. The van der Waals surface area contributed by atoms with E-state index >= 15 is 0 Å². The van der Waals surface area contributed by atoms with Gasteiger partial charge >= 0.3 is 6.61 Å². The molecule has 4 aromatic heterocycles. The highest BCUT2D eigenvalue weighted by atomic mass is 32.2. The molecule has 5 aromatic rings. The Hall–Kier alpha value is -4.70. The van der Waals surface area contributed by atoms with Gasteiger partial charge in [0.2, 0.25) is 9.84 Å². The summed E-state index contributed by atoms with van der Waals surface area (Å²) < 4.78 is 62.0. The number of aryl methyl sites for hydroxylation is 1. The summed E-state index contributed by atoms with van der Waals surface area (Å²) in [6.07, 6.45) is 7.48. The first-order valence-electron chi connectivity index (χ1n) is 11.7. The summed E-state index contributed by atoms with van der Waals surface area (Å²) in [6, 6.07) is 4.98. The SMILES string of the molecule is CC(O)Cn1cc(S(=O)(=O)c2ccc(OC(F)F)c(-c3nn(C)cc3NC(=O)c3cnn4cccnc34)c2)cn1. The van der Waals surface area contributed by atoms with Gasteiger partial charge in [0.25, 0.3) is 5.91 Å². The van der Waals surface area contributed by atoms with Gasteiger partial charge in [-0.3, -0.25) is 14.2 Å². The number of alkyl halides is 2. The number of halogens is 2. The van der Waals surface area contributed by atoms with Crippen LogP contribution in [0, 0.1) is 0 Å². The molecule has 0 radical (unpaired) electrons. The highest BCUT2D eigenvalue weighted by molar-refractivity contribution is 7.91.